The van der Waals surface area contributed by atoms with E-state index in [1.165, 1.54) is 0 Å². The third-order valence-corrected chi connectivity index (χ3v) is 4.19. The Kier molecular flexibility index (Phi) is 5.35. The molecule has 0 saturated carbocycles. The average Bonchev–Trinajstić information content (AvgIpc) is 2.27. The Hall–Kier alpha value is -0.660. The highest BCUT2D eigenvalue weighted by Gasteiger charge is 2.28. The summed E-state index contributed by atoms with van der Waals surface area (Å²) in [5.74, 6) is -0.635. The van der Waals surface area contributed by atoms with Crippen LogP contribution in [0.3, 0.4) is 0 Å². The van der Waals surface area contributed by atoms with Crippen LogP contribution >= 0.6 is 0 Å². The molecule has 0 aliphatic carbocycles. The van der Waals surface area contributed by atoms with Gasteiger partial charge < -0.3 is 4.74 Å². The van der Waals surface area contributed by atoms with Crippen LogP contribution in [0, 0.1) is 0 Å². The van der Waals surface area contributed by atoms with Gasteiger partial charge in [0.05, 0.1) is 0 Å². The van der Waals surface area contributed by atoms with Crippen LogP contribution < -0.4 is 5.48 Å². The van der Waals surface area contributed by atoms with Gasteiger partial charge in [0, 0.05) is 19.3 Å². The summed E-state index contributed by atoms with van der Waals surface area (Å²) in [4.78, 5) is 16.6. The van der Waals surface area contributed by atoms with Crippen LogP contribution in [0.1, 0.15) is 32.6 Å². The van der Waals surface area contributed by atoms with Crippen molar-refractivity contribution in [3.05, 3.63) is 0 Å². The Labute approximate surface area is 102 Å². The largest absolute Gasteiger partial charge is 0.350 e. The predicted molar refractivity (Wildman–Crippen MR) is 61.7 cm³/mol. The van der Waals surface area contributed by atoms with Gasteiger partial charge in [-0.2, -0.15) is 0 Å². The summed E-state index contributed by atoms with van der Waals surface area (Å²) in [6.07, 6.45) is 3.45. The minimum atomic E-state index is -3.40. The Morgan fingerprint density at radius 3 is 2.71 bits per heavy atom. The second-order valence-corrected chi connectivity index (χ2v) is 6.33. The van der Waals surface area contributed by atoms with Crippen molar-refractivity contribution >= 4 is 15.7 Å². The van der Waals surface area contributed by atoms with Crippen LogP contribution in [0.15, 0.2) is 0 Å². The molecule has 1 aliphatic rings. The minimum absolute atomic E-state index is 0.222. The summed E-state index contributed by atoms with van der Waals surface area (Å²) in [6, 6.07) is 0. The van der Waals surface area contributed by atoms with Gasteiger partial charge in [-0.05, 0) is 19.3 Å². The third kappa shape index (κ3) is 4.61. The van der Waals surface area contributed by atoms with Crippen LogP contribution in [0.4, 0.5) is 0 Å². The standard InChI is InChI=1S/C10H19NO5S/c1-3-8(17(2,13)14)10(12)11-16-9-6-4-5-7-15-9/h8-9H,3-7H2,1-2H3,(H,11,12)/t8?,9-/m1/s1. The quantitative estimate of drug-likeness (QED) is 0.727. The maximum absolute atomic E-state index is 11.6. The van der Waals surface area contributed by atoms with Crippen molar-refractivity contribution in [1.29, 1.82) is 0 Å². The van der Waals surface area contributed by atoms with Gasteiger partial charge in [-0.1, -0.05) is 6.92 Å². The molecule has 1 amide bonds. The zero-order chi connectivity index (χ0) is 12.9. The molecule has 1 fully saturated rings. The topological polar surface area (TPSA) is 81.7 Å². The van der Waals surface area contributed by atoms with Gasteiger partial charge in [0.25, 0.3) is 5.91 Å². The number of rotatable bonds is 5. The maximum atomic E-state index is 11.6. The fourth-order valence-electron chi connectivity index (χ4n) is 1.68. The van der Waals surface area contributed by atoms with Crippen LogP contribution in [0.2, 0.25) is 0 Å². The molecule has 1 rings (SSSR count). The van der Waals surface area contributed by atoms with Gasteiger partial charge in [-0.15, -0.1) is 0 Å². The van der Waals surface area contributed by atoms with E-state index < -0.39 is 27.3 Å². The molecule has 0 spiro atoms. The van der Waals surface area contributed by atoms with E-state index in [9.17, 15) is 13.2 Å². The van der Waals surface area contributed by atoms with E-state index in [1.807, 2.05) is 0 Å². The first-order valence-electron chi connectivity index (χ1n) is 5.71. The monoisotopic (exact) mass is 265 g/mol. The third-order valence-electron chi connectivity index (χ3n) is 2.61. The van der Waals surface area contributed by atoms with E-state index in [2.05, 4.69) is 5.48 Å². The van der Waals surface area contributed by atoms with Crippen LogP contribution in [-0.4, -0.2) is 38.7 Å². The molecule has 1 heterocycles. The zero-order valence-corrected chi connectivity index (χ0v) is 11.0. The SMILES string of the molecule is CCC(C(=O)NO[C@@H]1CCCCO1)S(C)(=O)=O. The highest BCUT2D eigenvalue weighted by Crippen LogP contribution is 2.13. The lowest BCUT2D eigenvalue weighted by Crippen LogP contribution is -2.41. The summed E-state index contributed by atoms with van der Waals surface area (Å²) >= 11 is 0. The molecule has 1 unspecified atom stereocenters. The molecule has 0 bridgehead atoms. The molecule has 1 N–H and O–H groups in total. The number of ether oxygens (including phenoxy) is 1. The summed E-state index contributed by atoms with van der Waals surface area (Å²) < 4.78 is 27.9. The summed E-state index contributed by atoms with van der Waals surface area (Å²) in [6.45, 7) is 2.24. The predicted octanol–water partition coefficient (Wildman–Crippen LogP) is 0.384. The molecular formula is C10H19NO5S. The number of hydroxylamine groups is 1. The number of hydrogen-bond acceptors (Lipinski definition) is 5. The van der Waals surface area contributed by atoms with E-state index in [-0.39, 0.29) is 6.42 Å². The van der Waals surface area contributed by atoms with E-state index in [1.54, 1.807) is 6.92 Å². The minimum Gasteiger partial charge on any atom is -0.350 e. The van der Waals surface area contributed by atoms with Gasteiger partial charge in [0.1, 0.15) is 5.25 Å². The molecule has 17 heavy (non-hydrogen) atoms. The van der Waals surface area contributed by atoms with E-state index >= 15 is 0 Å². The van der Waals surface area contributed by atoms with Gasteiger partial charge in [0.15, 0.2) is 16.1 Å². The van der Waals surface area contributed by atoms with Gasteiger partial charge in [-0.25, -0.2) is 18.7 Å². The van der Waals surface area contributed by atoms with Crippen molar-refractivity contribution in [3.63, 3.8) is 0 Å². The first-order chi connectivity index (χ1) is 7.95. The molecule has 100 valence electrons. The lowest BCUT2D eigenvalue weighted by molar-refractivity contribution is -0.200. The molecule has 0 aromatic heterocycles. The van der Waals surface area contributed by atoms with E-state index in [0.717, 1.165) is 19.1 Å². The van der Waals surface area contributed by atoms with Crippen molar-refractivity contribution in [2.75, 3.05) is 12.9 Å². The van der Waals surface area contributed by atoms with Crippen molar-refractivity contribution in [1.82, 2.24) is 5.48 Å². The number of carbonyl (C=O) groups is 1. The highest BCUT2D eigenvalue weighted by atomic mass is 32.2. The second-order valence-electron chi connectivity index (χ2n) is 4.11. The normalized spacial score (nSPS) is 23.1. The zero-order valence-electron chi connectivity index (χ0n) is 10.1. The lowest BCUT2D eigenvalue weighted by atomic mass is 10.2. The van der Waals surface area contributed by atoms with Crippen molar-refractivity contribution < 1.29 is 22.8 Å². The molecule has 6 nitrogen and oxygen atoms in total. The van der Waals surface area contributed by atoms with Crippen molar-refractivity contribution in [2.24, 2.45) is 0 Å². The molecule has 0 aromatic rings. The molecule has 7 heteroatoms. The molecule has 0 radical (unpaired) electrons. The molecule has 1 saturated heterocycles. The van der Waals surface area contributed by atoms with Crippen molar-refractivity contribution in [2.45, 2.75) is 44.1 Å². The van der Waals surface area contributed by atoms with E-state index in [4.69, 9.17) is 9.57 Å². The van der Waals surface area contributed by atoms with Gasteiger partial charge in [-0.3, -0.25) is 4.79 Å². The van der Waals surface area contributed by atoms with Gasteiger partial charge in [0.2, 0.25) is 0 Å². The molecule has 0 aromatic carbocycles. The smallest absolute Gasteiger partial charge is 0.261 e. The number of sulfone groups is 1. The fraction of sp³-hybridized carbons (Fsp3) is 0.900. The first-order valence-corrected chi connectivity index (χ1v) is 7.66. The Morgan fingerprint density at radius 1 is 1.53 bits per heavy atom. The molecule has 2 atom stereocenters. The van der Waals surface area contributed by atoms with Gasteiger partial charge >= 0.3 is 0 Å². The fourth-order valence-corrected chi connectivity index (χ4v) is 2.72. The Balaban J connectivity index is 2.42. The number of amides is 1. The van der Waals surface area contributed by atoms with Crippen LogP contribution in [0.25, 0.3) is 0 Å². The lowest BCUT2D eigenvalue weighted by Gasteiger charge is -2.23. The van der Waals surface area contributed by atoms with Crippen LogP contribution in [0.5, 0.6) is 0 Å². The maximum Gasteiger partial charge on any atom is 0.261 e. The number of nitrogens with one attached hydrogen (secondary N) is 1. The average molecular weight is 265 g/mol. The molecular weight excluding hydrogens is 246 g/mol. The summed E-state index contributed by atoms with van der Waals surface area (Å²) in [5, 5.41) is -1.06. The van der Waals surface area contributed by atoms with E-state index in [0.29, 0.717) is 13.0 Å². The summed E-state index contributed by atoms with van der Waals surface area (Å²) in [5.41, 5.74) is 2.17. The summed E-state index contributed by atoms with van der Waals surface area (Å²) in [7, 11) is -3.40. The van der Waals surface area contributed by atoms with Crippen LogP contribution in [-0.2, 0) is 24.2 Å². The second kappa shape index (κ2) is 6.32. The Bertz CT molecular complexity index is 348. The van der Waals surface area contributed by atoms with Crippen molar-refractivity contribution in [3.8, 4) is 0 Å². The number of carbonyl (C=O) groups excluding carboxylic acids is 1. The first kappa shape index (κ1) is 14.4. The number of hydrogen-bond donors (Lipinski definition) is 1. The molecule has 1 aliphatic heterocycles. The highest BCUT2D eigenvalue weighted by molar-refractivity contribution is 7.92. The Morgan fingerprint density at radius 2 is 2.24 bits per heavy atom.